The first kappa shape index (κ1) is 17.1. The molecule has 0 saturated carbocycles. The van der Waals surface area contributed by atoms with E-state index in [1.807, 2.05) is 41.2 Å². The van der Waals surface area contributed by atoms with E-state index in [1.165, 1.54) is 6.92 Å². The molecule has 25 heavy (non-hydrogen) atoms. The summed E-state index contributed by atoms with van der Waals surface area (Å²) in [5.74, 6) is -0.0688. The number of carbonyl (C=O) groups excluding carboxylic acids is 1. The van der Waals surface area contributed by atoms with Crippen molar-refractivity contribution in [3.05, 3.63) is 54.5 Å². The summed E-state index contributed by atoms with van der Waals surface area (Å²) in [4.78, 5) is 18.1. The smallest absolute Gasteiger partial charge is 0.221 e. The number of hydrogen-bond donors (Lipinski definition) is 1. The first-order chi connectivity index (χ1) is 12.1. The molecule has 0 fully saturated rings. The lowest BCUT2D eigenvalue weighted by atomic mass is 10.1. The van der Waals surface area contributed by atoms with Crippen LogP contribution >= 0.6 is 0 Å². The molecule has 6 heteroatoms. The van der Waals surface area contributed by atoms with Gasteiger partial charge in [-0.25, -0.2) is 0 Å². The zero-order valence-corrected chi connectivity index (χ0v) is 14.6. The quantitative estimate of drug-likeness (QED) is 0.720. The number of nitrogens with one attached hydrogen (secondary N) is 1. The van der Waals surface area contributed by atoms with Crippen LogP contribution < -0.4 is 5.32 Å². The number of anilines is 1. The van der Waals surface area contributed by atoms with E-state index in [0.717, 1.165) is 48.3 Å². The summed E-state index contributed by atoms with van der Waals surface area (Å²) in [5, 5.41) is 8.04. The van der Waals surface area contributed by atoms with Crippen LogP contribution in [0.2, 0.25) is 0 Å². The first-order valence-electron chi connectivity index (χ1n) is 8.43. The van der Waals surface area contributed by atoms with Crippen molar-refractivity contribution in [2.75, 3.05) is 18.9 Å². The molecule has 3 rings (SSSR count). The number of rotatable bonds is 7. The van der Waals surface area contributed by atoms with Gasteiger partial charge in [0.05, 0.1) is 11.2 Å². The van der Waals surface area contributed by atoms with Crippen molar-refractivity contribution in [2.24, 2.45) is 0 Å². The highest BCUT2D eigenvalue weighted by molar-refractivity contribution is 5.92. The highest BCUT2D eigenvalue weighted by Crippen LogP contribution is 2.18. The molecular formula is C19H23N5O. The minimum absolute atomic E-state index is 0.0688. The summed E-state index contributed by atoms with van der Waals surface area (Å²) in [5.41, 5.74) is 2.78. The monoisotopic (exact) mass is 337 g/mol. The third kappa shape index (κ3) is 4.87. The summed E-state index contributed by atoms with van der Waals surface area (Å²) in [7, 11) is 2.11. The normalized spacial score (nSPS) is 11.2. The number of aryl methyl sites for hydroxylation is 1. The third-order valence-electron chi connectivity index (χ3n) is 3.99. The van der Waals surface area contributed by atoms with Crippen molar-refractivity contribution in [2.45, 2.75) is 26.4 Å². The predicted molar refractivity (Wildman–Crippen MR) is 99.2 cm³/mol. The second-order valence-corrected chi connectivity index (χ2v) is 6.25. The maximum Gasteiger partial charge on any atom is 0.221 e. The van der Waals surface area contributed by atoms with Gasteiger partial charge in [-0.15, -0.1) is 0 Å². The van der Waals surface area contributed by atoms with Gasteiger partial charge in [0.15, 0.2) is 0 Å². The fourth-order valence-corrected chi connectivity index (χ4v) is 2.83. The van der Waals surface area contributed by atoms with Crippen molar-refractivity contribution in [3.8, 4) is 0 Å². The van der Waals surface area contributed by atoms with E-state index in [2.05, 4.69) is 28.4 Å². The molecule has 0 aliphatic carbocycles. The van der Waals surface area contributed by atoms with Gasteiger partial charge in [0.2, 0.25) is 5.91 Å². The first-order valence-corrected chi connectivity index (χ1v) is 8.43. The Morgan fingerprint density at radius 3 is 2.92 bits per heavy atom. The Bertz CT molecular complexity index is 844. The lowest BCUT2D eigenvalue weighted by Gasteiger charge is -2.16. The zero-order chi connectivity index (χ0) is 17.6. The Hall–Kier alpha value is -2.73. The van der Waals surface area contributed by atoms with Gasteiger partial charge in [0.25, 0.3) is 0 Å². The second-order valence-electron chi connectivity index (χ2n) is 6.25. The van der Waals surface area contributed by atoms with E-state index >= 15 is 0 Å². The van der Waals surface area contributed by atoms with Gasteiger partial charge in [-0.2, -0.15) is 5.10 Å². The van der Waals surface area contributed by atoms with E-state index in [1.54, 1.807) is 6.20 Å². The fraction of sp³-hybridized carbons (Fsp3) is 0.316. The summed E-state index contributed by atoms with van der Waals surface area (Å²) in [6, 6.07) is 11.8. The lowest BCUT2D eigenvalue weighted by Crippen LogP contribution is -2.21. The number of carbonyl (C=O) groups is 1. The Balaban J connectivity index is 1.58. The van der Waals surface area contributed by atoms with Crippen LogP contribution in [0.3, 0.4) is 0 Å². The van der Waals surface area contributed by atoms with E-state index in [0.29, 0.717) is 0 Å². The Kier molecular flexibility index (Phi) is 5.40. The molecule has 0 aliphatic heterocycles. The topological polar surface area (TPSA) is 63.1 Å². The van der Waals surface area contributed by atoms with Gasteiger partial charge in [0, 0.05) is 50.0 Å². The van der Waals surface area contributed by atoms with Gasteiger partial charge in [-0.3, -0.25) is 14.5 Å². The van der Waals surface area contributed by atoms with Gasteiger partial charge >= 0.3 is 0 Å². The van der Waals surface area contributed by atoms with Crippen LogP contribution in [0.25, 0.3) is 10.9 Å². The van der Waals surface area contributed by atoms with Crippen LogP contribution in [0.1, 0.15) is 19.0 Å². The van der Waals surface area contributed by atoms with E-state index in [9.17, 15) is 4.79 Å². The number of aromatic nitrogens is 3. The number of pyridine rings is 1. The number of amides is 1. The molecule has 0 aliphatic rings. The predicted octanol–water partition coefficient (Wildman–Crippen LogP) is 2.91. The van der Waals surface area contributed by atoms with Crippen LogP contribution in [-0.4, -0.2) is 39.2 Å². The molecule has 2 heterocycles. The van der Waals surface area contributed by atoms with Gasteiger partial charge in [0.1, 0.15) is 0 Å². The number of nitrogens with zero attached hydrogens (tertiary/aromatic N) is 4. The van der Waals surface area contributed by atoms with Gasteiger partial charge in [-0.1, -0.05) is 6.07 Å². The minimum atomic E-state index is -0.0688. The molecule has 2 aromatic heterocycles. The molecule has 3 aromatic rings. The second kappa shape index (κ2) is 7.90. The van der Waals surface area contributed by atoms with Crippen molar-refractivity contribution in [3.63, 3.8) is 0 Å². The van der Waals surface area contributed by atoms with Crippen LogP contribution in [0, 0.1) is 0 Å². The highest BCUT2D eigenvalue weighted by atomic mass is 16.1. The highest BCUT2D eigenvalue weighted by Gasteiger charge is 2.05. The van der Waals surface area contributed by atoms with Crippen molar-refractivity contribution >= 4 is 22.5 Å². The molecule has 1 amide bonds. The summed E-state index contributed by atoms with van der Waals surface area (Å²) in [6.07, 6.45) is 4.84. The number of benzene rings is 1. The van der Waals surface area contributed by atoms with Crippen molar-refractivity contribution < 1.29 is 4.79 Å². The standard InChI is InChI=1S/C19H23N5O/c1-15(25)21-17-7-8-19-16(13-17)5-6-18(22-19)14-23(2)10-4-12-24-11-3-9-20-24/h3,5-9,11,13H,4,10,12,14H2,1-2H3,(H,21,25). The molecule has 0 radical (unpaired) electrons. The summed E-state index contributed by atoms with van der Waals surface area (Å²) >= 11 is 0. The zero-order valence-electron chi connectivity index (χ0n) is 14.6. The molecule has 6 nitrogen and oxygen atoms in total. The molecule has 0 saturated heterocycles. The minimum Gasteiger partial charge on any atom is -0.326 e. The van der Waals surface area contributed by atoms with Crippen LogP contribution in [0.15, 0.2) is 48.8 Å². The van der Waals surface area contributed by atoms with Crippen LogP contribution in [0.4, 0.5) is 5.69 Å². The van der Waals surface area contributed by atoms with Gasteiger partial charge in [-0.05, 0) is 43.8 Å². The SMILES string of the molecule is CC(=O)Nc1ccc2nc(CN(C)CCCn3cccn3)ccc2c1. The molecule has 0 spiro atoms. The van der Waals surface area contributed by atoms with Crippen LogP contribution in [0.5, 0.6) is 0 Å². The molecule has 0 atom stereocenters. The maximum absolute atomic E-state index is 11.1. The average molecular weight is 337 g/mol. The molecule has 0 bridgehead atoms. The molecular weight excluding hydrogens is 314 g/mol. The van der Waals surface area contributed by atoms with Crippen molar-refractivity contribution in [1.82, 2.24) is 19.7 Å². The van der Waals surface area contributed by atoms with E-state index in [-0.39, 0.29) is 5.91 Å². The molecule has 1 N–H and O–H groups in total. The van der Waals surface area contributed by atoms with Crippen molar-refractivity contribution in [1.29, 1.82) is 0 Å². The number of fused-ring (bicyclic) bond motifs is 1. The van der Waals surface area contributed by atoms with Gasteiger partial charge < -0.3 is 10.2 Å². The van der Waals surface area contributed by atoms with E-state index in [4.69, 9.17) is 4.98 Å². The van der Waals surface area contributed by atoms with Crippen LogP contribution in [-0.2, 0) is 17.9 Å². The molecule has 0 unspecified atom stereocenters. The average Bonchev–Trinajstić information content (AvgIpc) is 3.08. The summed E-state index contributed by atoms with van der Waals surface area (Å²) < 4.78 is 1.95. The molecule has 130 valence electrons. The summed E-state index contributed by atoms with van der Waals surface area (Å²) in [6.45, 7) is 4.23. The fourth-order valence-electron chi connectivity index (χ4n) is 2.83. The number of hydrogen-bond acceptors (Lipinski definition) is 4. The Labute approximate surface area is 147 Å². The third-order valence-corrected chi connectivity index (χ3v) is 3.99. The lowest BCUT2D eigenvalue weighted by molar-refractivity contribution is -0.114. The maximum atomic E-state index is 11.1. The van der Waals surface area contributed by atoms with E-state index < -0.39 is 0 Å². The Morgan fingerprint density at radius 2 is 2.16 bits per heavy atom. The molecule has 1 aromatic carbocycles. The Morgan fingerprint density at radius 1 is 1.28 bits per heavy atom. The largest absolute Gasteiger partial charge is 0.326 e.